The summed E-state index contributed by atoms with van der Waals surface area (Å²) in [5, 5.41) is 5.60. The number of nitrogens with one attached hydrogen (secondary N) is 2. The SMILES string of the molecule is CN/C(=C\C(=NCc1ccc(NC(=O)N(C)C)c(F)c1)N1CCOC[C@@H]1C)CS(C)=O. The zero-order valence-electron chi connectivity index (χ0n) is 18.8. The third-order valence-electron chi connectivity index (χ3n) is 4.75. The summed E-state index contributed by atoms with van der Waals surface area (Å²) in [6, 6.07) is 4.38. The number of carbonyl (C=O) groups excluding carboxylic acids is 1. The number of hydrogen-bond donors (Lipinski definition) is 2. The lowest BCUT2D eigenvalue weighted by molar-refractivity contribution is 0.0335. The molecular formula is C21H32FN5O3S. The van der Waals surface area contributed by atoms with Crippen molar-refractivity contribution in [2.45, 2.75) is 19.5 Å². The number of benzene rings is 1. The van der Waals surface area contributed by atoms with Gasteiger partial charge in [-0.2, -0.15) is 0 Å². The highest BCUT2D eigenvalue weighted by atomic mass is 32.2. The maximum absolute atomic E-state index is 14.5. The lowest BCUT2D eigenvalue weighted by Crippen LogP contribution is -2.47. The summed E-state index contributed by atoms with van der Waals surface area (Å²) in [5.41, 5.74) is 1.61. The van der Waals surface area contributed by atoms with Crippen LogP contribution in [-0.2, 0) is 22.1 Å². The van der Waals surface area contributed by atoms with Gasteiger partial charge in [0.25, 0.3) is 0 Å². The summed E-state index contributed by atoms with van der Waals surface area (Å²) in [5.74, 6) is 0.608. The first kappa shape index (κ1) is 24.8. The van der Waals surface area contributed by atoms with Crippen molar-refractivity contribution < 1.29 is 18.1 Å². The number of rotatable bonds is 7. The van der Waals surface area contributed by atoms with E-state index in [0.29, 0.717) is 31.1 Å². The first-order chi connectivity index (χ1) is 14.7. The highest BCUT2D eigenvalue weighted by Gasteiger charge is 2.21. The van der Waals surface area contributed by atoms with Gasteiger partial charge in [-0.15, -0.1) is 0 Å². The summed E-state index contributed by atoms with van der Waals surface area (Å²) < 4.78 is 31.7. The molecule has 1 aromatic carbocycles. The van der Waals surface area contributed by atoms with Crippen molar-refractivity contribution in [3.05, 3.63) is 41.4 Å². The molecule has 8 nitrogen and oxygen atoms in total. The molecule has 1 aliphatic rings. The van der Waals surface area contributed by atoms with E-state index in [4.69, 9.17) is 9.73 Å². The fraction of sp³-hybridized carbons (Fsp3) is 0.524. The molecule has 0 bridgehead atoms. The Morgan fingerprint density at radius 2 is 2.19 bits per heavy atom. The van der Waals surface area contributed by atoms with Gasteiger partial charge in [0.1, 0.15) is 11.7 Å². The Labute approximate surface area is 186 Å². The minimum absolute atomic E-state index is 0.122. The third kappa shape index (κ3) is 7.62. The molecule has 31 heavy (non-hydrogen) atoms. The van der Waals surface area contributed by atoms with E-state index in [2.05, 4.69) is 22.5 Å². The van der Waals surface area contributed by atoms with Crippen molar-refractivity contribution in [3.63, 3.8) is 0 Å². The first-order valence-electron chi connectivity index (χ1n) is 10.0. The van der Waals surface area contributed by atoms with Crippen molar-refractivity contribution in [1.29, 1.82) is 0 Å². The fourth-order valence-electron chi connectivity index (χ4n) is 3.01. The van der Waals surface area contributed by atoms with Crippen molar-refractivity contribution in [3.8, 4) is 0 Å². The van der Waals surface area contributed by atoms with Crippen LogP contribution in [0, 0.1) is 5.82 Å². The van der Waals surface area contributed by atoms with Crippen LogP contribution in [0.15, 0.2) is 35.0 Å². The topological polar surface area (TPSA) is 86.3 Å². The molecule has 1 fully saturated rings. The van der Waals surface area contributed by atoms with E-state index >= 15 is 0 Å². The van der Waals surface area contributed by atoms with Crippen molar-refractivity contribution >= 4 is 28.4 Å². The van der Waals surface area contributed by atoms with Gasteiger partial charge in [0.15, 0.2) is 0 Å². The Kier molecular flexibility index (Phi) is 9.44. The summed E-state index contributed by atoms with van der Waals surface area (Å²) in [6.45, 7) is 4.20. The van der Waals surface area contributed by atoms with Gasteiger partial charge in [-0.1, -0.05) is 6.07 Å². The van der Waals surface area contributed by atoms with E-state index in [-0.39, 0.29) is 18.3 Å². The molecule has 10 heteroatoms. The van der Waals surface area contributed by atoms with Crippen molar-refractivity contribution in [2.24, 2.45) is 4.99 Å². The van der Waals surface area contributed by atoms with Crippen LogP contribution in [0.4, 0.5) is 14.9 Å². The molecule has 2 N–H and O–H groups in total. The zero-order chi connectivity index (χ0) is 23.0. The molecule has 0 aromatic heterocycles. The van der Waals surface area contributed by atoms with E-state index in [1.807, 2.05) is 6.08 Å². The molecule has 0 saturated carbocycles. The van der Waals surface area contributed by atoms with Gasteiger partial charge in [-0.25, -0.2) is 9.18 Å². The molecule has 2 amide bonds. The number of anilines is 1. The second kappa shape index (κ2) is 11.8. The molecule has 172 valence electrons. The summed E-state index contributed by atoms with van der Waals surface area (Å²) in [4.78, 5) is 20.0. The number of amidine groups is 1. The van der Waals surface area contributed by atoms with Gasteiger partial charge < -0.3 is 25.2 Å². The van der Waals surface area contributed by atoms with Crippen LogP contribution in [-0.4, -0.2) is 84.8 Å². The average Bonchev–Trinajstić information content (AvgIpc) is 2.72. The Hall–Kier alpha value is -2.46. The van der Waals surface area contributed by atoms with Crippen LogP contribution in [0.3, 0.4) is 0 Å². The molecule has 0 spiro atoms. The Balaban J connectivity index is 2.26. The van der Waals surface area contributed by atoms with Crippen LogP contribution >= 0.6 is 0 Å². The second-order valence-electron chi connectivity index (χ2n) is 7.57. The van der Waals surface area contributed by atoms with Crippen LogP contribution in [0.5, 0.6) is 0 Å². The smallest absolute Gasteiger partial charge is 0.321 e. The molecule has 0 radical (unpaired) electrons. The molecule has 0 aliphatic carbocycles. The number of nitrogens with zero attached hydrogens (tertiary/aromatic N) is 3. The number of urea groups is 1. The van der Waals surface area contributed by atoms with E-state index in [1.54, 1.807) is 33.5 Å². The van der Waals surface area contributed by atoms with E-state index < -0.39 is 22.6 Å². The average molecular weight is 454 g/mol. The Morgan fingerprint density at radius 3 is 2.77 bits per heavy atom. The minimum Gasteiger partial charge on any atom is -0.391 e. The number of morpholine rings is 1. The second-order valence-corrected chi connectivity index (χ2v) is 9.00. The number of ether oxygens (including phenoxy) is 1. The van der Waals surface area contributed by atoms with E-state index in [0.717, 1.165) is 11.5 Å². The number of aliphatic imine (C=N–C) groups is 1. The lowest BCUT2D eigenvalue weighted by atomic mass is 10.2. The maximum Gasteiger partial charge on any atom is 0.321 e. The number of carbonyl (C=O) groups is 1. The first-order valence-corrected chi connectivity index (χ1v) is 11.8. The van der Waals surface area contributed by atoms with Gasteiger partial charge in [0.2, 0.25) is 0 Å². The Morgan fingerprint density at radius 1 is 1.45 bits per heavy atom. The molecule has 1 heterocycles. The van der Waals surface area contributed by atoms with Crippen molar-refractivity contribution in [2.75, 3.05) is 58.2 Å². The van der Waals surface area contributed by atoms with Gasteiger partial charge in [0, 0.05) is 56.5 Å². The van der Waals surface area contributed by atoms with E-state index in [1.165, 1.54) is 17.0 Å². The molecule has 1 aliphatic heterocycles. The zero-order valence-corrected chi connectivity index (χ0v) is 19.6. The molecule has 2 atom stereocenters. The highest BCUT2D eigenvalue weighted by Crippen LogP contribution is 2.18. The van der Waals surface area contributed by atoms with Crippen LogP contribution in [0.2, 0.25) is 0 Å². The number of amides is 2. The predicted molar refractivity (Wildman–Crippen MR) is 123 cm³/mol. The molecule has 1 saturated heterocycles. The van der Waals surface area contributed by atoms with Crippen LogP contribution in [0.1, 0.15) is 12.5 Å². The molecular weight excluding hydrogens is 421 g/mol. The minimum atomic E-state index is -0.996. The summed E-state index contributed by atoms with van der Waals surface area (Å²) >= 11 is 0. The van der Waals surface area contributed by atoms with Crippen LogP contribution < -0.4 is 10.6 Å². The maximum atomic E-state index is 14.5. The summed E-state index contributed by atoms with van der Waals surface area (Å²) in [7, 11) is 3.97. The monoisotopic (exact) mass is 453 g/mol. The third-order valence-corrected chi connectivity index (χ3v) is 5.47. The van der Waals surface area contributed by atoms with Gasteiger partial charge >= 0.3 is 6.03 Å². The van der Waals surface area contributed by atoms with Crippen molar-refractivity contribution in [1.82, 2.24) is 15.1 Å². The van der Waals surface area contributed by atoms with Gasteiger partial charge in [-0.3, -0.25) is 9.20 Å². The molecule has 1 unspecified atom stereocenters. The van der Waals surface area contributed by atoms with Gasteiger partial charge in [-0.05, 0) is 24.6 Å². The largest absolute Gasteiger partial charge is 0.391 e. The lowest BCUT2D eigenvalue weighted by Gasteiger charge is -2.35. The number of hydrogen-bond acceptors (Lipinski definition) is 5. The summed E-state index contributed by atoms with van der Waals surface area (Å²) in [6.07, 6.45) is 3.55. The fourth-order valence-corrected chi connectivity index (χ4v) is 3.67. The number of halogens is 1. The highest BCUT2D eigenvalue weighted by molar-refractivity contribution is 7.84. The normalized spacial score (nSPS) is 18.5. The van der Waals surface area contributed by atoms with E-state index in [9.17, 15) is 13.4 Å². The molecule has 1 aromatic rings. The quantitative estimate of drug-likeness (QED) is 0.487. The standard InChI is InChI=1S/C21H32FN5O3S/c1-15-13-30-9-8-27(15)20(11-17(23-2)14-31(5)29)24-12-16-6-7-19(18(22)10-16)25-21(28)26(3)4/h6-7,10-11,15,23H,8-9,12-14H2,1-5H3,(H,25,28)/b17-11-,24-20?/t15-,31?/m0/s1. The Bertz CT molecular complexity index is 859. The predicted octanol–water partition coefficient (Wildman–Crippen LogP) is 2.02. The van der Waals surface area contributed by atoms with Gasteiger partial charge in [0.05, 0.1) is 37.2 Å². The molecule has 2 rings (SSSR count). The van der Waals surface area contributed by atoms with Crippen LogP contribution in [0.25, 0.3) is 0 Å².